The van der Waals surface area contributed by atoms with E-state index in [2.05, 4.69) is 0 Å². The summed E-state index contributed by atoms with van der Waals surface area (Å²) in [6.45, 7) is 0.594. The van der Waals surface area contributed by atoms with Crippen LogP contribution in [0.5, 0.6) is 0 Å². The molecule has 1 unspecified atom stereocenters. The lowest BCUT2D eigenvalue weighted by Crippen LogP contribution is -2.30. The zero-order chi connectivity index (χ0) is 13.3. The van der Waals surface area contributed by atoms with E-state index in [0.717, 1.165) is 0 Å². The van der Waals surface area contributed by atoms with Gasteiger partial charge in [-0.25, -0.2) is 0 Å². The smallest absolute Gasteiger partial charge is 0.304 e. The average molecular weight is 251 g/mol. The van der Waals surface area contributed by atoms with Crippen molar-refractivity contribution in [3.8, 4) is 0 Å². The van der Waals surface area contributed by atoms with Crippen molar-refractivity contribution in [2.24, 2.45) is 0 Å². The zero-order valence-corrected chi connectivity index (χ0v) is 9.57. The maximum Gasteiger partial charge on any atom is 0.304 e. The summed E-state index contributed by atoms with van der Waals surface area (Å²) < 4.78 is 0. The highest BCUT2D eigenvalue weighted by Gasteiger charge is 2.30. The lowest BCUT2D eigenvalue weighted by molar-refractivity contribution is -0.384. The molecule has 1 aromatic carbocycles. The number of benzene rings is 1. The minimum Gasteiger partial charge on any atom is -0.393 e. The molecule has 96 valence electrons. The molecule has 1 amide bonds. The van der Waals surface area contributed by atoms with Crippen LogP contribution >= 0.6 is 0 Å². The van der Waals surface area contributed by atoms with E-state index >= 15 is 0 Å². The molecule has 0 bridgehead atoms. The molecular weight excluding hydrogens is 238 g/mol. The summed E-state index contributed by atoms with van der Waals surface area (Å²) in [6.07, 6.45) is -0.0731. The Bertz CT molecular complexity index is 503. The number of carbonyl (C=O) groups is 1. The number of likely N-dealkylation sites (tertiary alicyclic amines) is 1. The molecule has 1 atom stereocenters. The van der Waals surface area contributed by atoms with E-state index in [4.69, 9.17) is 5.73 Å². The van der Waals surface area contributed by atoms with Crippen LogP contribution in [-0.4, -0.2) is 40.0 Å². The van der Waals surface area contributed by atoms with Crippen LogP contribution in [0.1, 0.15) is 16.8 Å². The Hall–Kier alpha value is -2.15. The number of rotatable bonds is 2. The fourth-order valence-electron chi connectivity index (χ4n) is 2.03. The highest BCUT2D eigenvalue weighted by atomic mass is 16.6. The van der Waals surface area contributed by atoms with E-state index < -0.39 is 16.9 Å². The minimum atomic E-state index is -0.658. The Morgan fingerprint density at radius 2 is 2.28 bits per heavy atom. The summed E-state index contributed by atoms with van der Waals surface area (Å²) in [5.74, 6) is -0.467. The normalized spacial score (nSPS) is 18.9. The molecule has 18 heavy (non-hydrogen) atoms. The number of aliphatic hydroxyl groups is 1. The number of anilines is 1. The van der Waals surface area contributed by atoms with Crippen LogP contribution in [-0.2, 0) is 0 Å². The van der Waals surface area contributed by atoms with E-state index in [0.29, 0.717) is 13.0 Å². The second-order valence-corrected chi connectivity index (χ2v) is 4.19. The monoisotopic (exact) mass is 251 g/mol. The van der Waals surface area contributed by atoms with Gasteiger partial charge >= 0.3 is 5.69 Å². The SMILES string of the molecule is Nc1cccc(C(=O)N2CCC(O)C2)c1[N+](=O)[O-]. The molecule has 3 N–H and O–H groups in total. The number of para-hydroxylation sites is 1. The summed E-state index contributed by atoms with van der Waals surface area (Å²) >= 11 is 0. The molecular formula is C11H13N3O4. The number of carbonyl (C=O) groups excluding carboxylic acids is 1. The number of β-amino-alcohol motifs (C(OH)–C–C–N with tert-alkyl or cyclic N) is 1. The molecule has 0 spiro atoms. The van der Waals surface area contributed by atoms with Crippen LogP contribution in [0, 0.1) is 10.1 Å². The minimum absolute atomic E-state index is 0.0332. The molecule has 1 fully saturated rings. The number of nitrogens with two attached hydrogens (primary N) is 1. The van der Waals surface area contributed by atoms with Crippen molar-refractivity contribution in [3.05, 3.63) is 33.9 Å². The van der Waals surface area contributed by atoms with Gasteiger partial charge in [0.2, 0.25) is 0 Å². The summed E-state index contributed by atoms with van der Waals surface area (Å²) in [5, 5.41) is 20.3. The zero-order valence-electron chi connectivity index (χ0n) is 9.57. The number of amides is 1. The predicted octanol–water partition coefficient (Wildman–Crippen LogP) is 0.384. The Kier molecular flexibility index (Phi) is 3.15. The first-order chi connectivity index (χ1) is 8.50. The molecule has 1 aliphatic rings. The molecule has 0 radical (unpaired) electrons. The van der Waals surface area contributed by atoms with Gasteiger partial charge in [0.25, 0.3) is 5.91 Å². The van der Waals surface area contributed by atoms with E-state index in [9.17, 15) is 20.0 Å². The highest BCUT2D eigenvalue weighted by Crippen LogP contribution is 2.27. The van der Waals surface area contributed by atoms with E-state index in [-0.39, 0.29) is 23.5 Å². The maximum absolute atomic E-state index is 12.1. The van der Waals surface area contributed by atoms with Crippen LogP contribution in [0.2, 0.25) is 0 Å². The molecule has 1 aliphatic heterocycles. The van der Waals surface area contributed by atoms with Crippen LogP contribution in [0.3, 0.4) is 0 Å². The third-order valence-corrected chi connectivity index (χ3v) is 2.93. The van der Waals surface area contributed by atoms with E-state index in [1.54, 1.807) is 0 Å². The summed E-state index contributed by atoms with van der Waals surface area (Å²) in [4.78, 5) is 23.8. The van der Waals surface area contributed by atoms with Crippen molar-refractivity contribution in [2.45, 2.75) is 12.5 Å². The van der Waals surface area contributed by atoms with Gasteiger partial charge in [-0.05, 0) is 18.6 Å². The van der Waals surface area contributed by atoms with Gasteiger partial charge in [0.1, 0.15) is 11.3 Å². The lowest BCUT2D eigenvalue weighted by atomic mass is 10.1. The van der Waals surface area contributed by atoms with Gasteiger partial charge in [0.15, 0.2) is 0 Å². The number of aliphatic hydroxyl groups excluding tert-OH is 1. The predicted molar refractivity (Wildman–Crippen MR) is 64.0 cm³/mol. The number of hydrogen-bond donors (Lipinski definition) is 2. The Labute approximate surface area is 103 Å². The first kappa shape index (κ1) is 12.3. The van der Waals surface area contributed by atoms with Crippen molar-refractivity contribution in [2.75, 3.05) is 18.8 Å². The largest absolute Gasteiger partial charge is 0.393 e. The molecule has 0 saturated carbocycles. The van der Waals surface area contributed by atoms with E-state index in [1.165, 1.54) is 23.1 Å². The molecule has 1 saturated heterocycles. The standard InChI is InChI=1S/C11H13N3O4/c12-9-3-1-2-8(10(9)14(17)18)11(16)13-5-4-7(15)6-13/h1-3,7,15H,4-6,12H2. The highest BCUT2D eigenvalue weighted by molar-refractivity contribution is 6.00. The van der Waals surface area contributed by atoms with Crippen molar-refractivity contribution in [1.29, 1.82) is 0 Å². The number of nitro groups is 1. The van der Waals surface area contributed by atoms with Gasteiger partial charge in [-0.1, -0.05) is 6.07 Å². The number of nitrogen functional groups attached to an aromatic ring is 1. The fraction of sp³-hybridized carbons (Fsp3) is 0.364. The fourth-order valence-corrected chi connectivity index (χ4v) is 2.03. The topological polar surface area (TPSA) is 110 Å². The summed E-state index contributed by atoms with van der Waals surface area (Å²) in [7, 11) is 0. The second-order valence-electron chi connectivity index (χ2n) is 4.19. The summed E-state index contributed by atoms with van der Waals surface area (Å²) in [5.41, 5.74) is 5.08. The van der Waals surface area contributed by atoms with Crippen molar-refractivity contribution in [1.82, 2.24) is 4.90 Å². The Balaban J connectivity index is 2.36. The molecule has 1 aromatic rings. The average Bonchev–Trinajstić information content (AvgIpc) is 2.74. The third-order valence-electron chi connectivity index (χ3n) is 2.93. The van der Waals surface area contributed by atoms with Crippen molar-refractivity contribution in [3.63, 3.8) is 0 Å². The van der Waals surface area contributed by atoms with Crippen LogP contribution in [0.4, 0.5) is 11.4 Å². The van der Waals surface area contributed by atoms with Crippen LogP contribution in [0.25, 0.3) is 0 Å². The lowest BCUT2D eigenvalue weighted by Gasteiger charge is -2.15. The molecule has 7 nitrogen and oxygen atoms in total. The Morgan fingerprint density at radius 1 is 1.56 bits per heavy atom. The van der Waals surface area contributed by atoms with Crippen molar-refractivity contribution < 1.29 is 14.8 Å². The number of nitro benzene ring substituents is 1. The van der Waals surface area contributed by atoms with Gasteiger partial charge in [0, 0.05) is 13.1 Å². The number of hydrogen-bond acceptors (Lipinski definition) is 5. The van der Waals surface area contributed by atoms with Crippen LogP contribution in [0.15, 0.2) is 18.2 Å². The third kappa shape index (κ3) is 2.12. The van der Waals surface area contributed by atoms with Gasteiger partial charge in [-0.2, -0.15) is 0 Å². The molecule has 0 aromatic heterocycles. The van der Waals surface area contributed by atoms with Gasteiger partial charge in [-0.3, -0.25) is 14.9 Å². The maximum atomic E-state index is 12.1. The van der Waals surface area contributed by atoms with Crippen molar-refractivity contribution >= 4 is 17.3 Å². The van der Waals surface area contributed by atoms with Gasteiger partial charge in [-0.15, -0.1) is 0 Å². The van der Waals surface area contributed by atoms with Gasteiger partial charge < -0.3 is 15.7 Å². The Morgan fingerprint density at radius 3 is 2.83 bits per heavy atom. The molecule has 0 aliphatic carbocycles. The quantitative estimate of drug-likeness (QED) is 0.448. The summed E-state index contributed by atoms with van der Waals surface area (Å²) in [6, 6.07) is 4.26. The van der Waals surface area contributed by atoms with Gasteiger partial charge in [0.05, 0.1) is 11.0 Å². The molecule has 7 heteroatoms. The van der Waals surface area contributed by atoms with Crippen LogP contribution < -0.4 is 5.73 Å². The molecule has 1 heterocycles. The first-order valence-electron chi connectivity index (χ1n) is 5.51. The second kappa shape index (κ2) is 4.61. The first-order valence-corrected chi connectivity index (χ1v) is 5.51. The van der Waals surface area contributed by atoms with E-state index in [1.807, 2.05) is 0 Å². The molecule has 2 rings (SSSR count). The number of nitrogens with zero attached hydrogens (tertiary/aromatic N) is 2.